The summed E-state index contributed by atoms with van der Waals surface area (Å²) < 4.78 is 6.65. The maximum atomic E-state index is 12.5. The highest BCUT2D eigenvalue weighted by atomic mass is 32.1. The molecule has 1 aromatic carbocycles. The largest absolute Gasteiger partial charge is 0.463 e. The minimum absolute atomic E-state index is 0.0412. The predicted molar refractivity (Wildman–Crippen MR) is 93.3 cm³/mol. The summed E-state index contributed by atoms with van der Waals surface area (Å²) in [7, 11) is 0. The SMILES string of the molecule is O=C(NC[C@@H](c1ccco1)[NH+]1CCCC1)c1ccc2ncsc2c1. The number of carbonyl (C=O) groups is 1. The minimum atomic E-state index is -0.0412. The normalized spacial score (nSPS) is 16.5. The first-order chi connectivity index (χ1) is 11.8. The number of benzene rings is 1. The summed E-state index contributed by atoms with van der Waals surface area (Å²) >= 11 is 1.55. The zero-order valence-corrected chi connectivity index (χ0v) is 14.1. The van der Waals surface area contributed by atoms with Crippen LogP contribution in [-0.2, 0) is 0 Å². The average Bonchev–Trinajstić information content (AvgIpc) is 3.36. The van der Waals surface area contributed by atoms with Crippen LogP contribution in [0.4, 0.5) is 0 Å². The minimum Gasteiger partial charge on any atom is -0.463 e. The number of amides is 1. The molecular formula is C18H20N3O2S+. The van der Waals surface area contributed by atoms with Crippen molar-refractivity contribution in [2.75, 3.05) is 19.6 Å². The first-order valence-electron chi connectivity index (χ1n) is 8.31. The fourth-order valence-corrected chi connectivity index (χ4v) is 4.12. The van der Waals surface area contributed by atoms with Gasteiger partial charge in [0.05, 0.1) is 41.6 Å². The second-order valence-corrected chi connectivity index (χ2v) is 7.06. The smallest absolute Gasteiger partial charge is 0.251 e. The summed E-state index contributed by atoms with van der Waals surface area (Å²) in [4.78, 5) is 18.3. The first-order valence-corrected chi connectivity index (χ1v) is 9.18. The molecule has 1 saturated heterocycles. The van der Waals surface area contributed by atoms with Gasteiger partial charge in [-0.05, 0) is 30.3 Å². The van der Waals surface area contributed by atoms with Crippen molar-refractivity contribution in [3.8, 4) is 0 Å². The van der Waals surface area contributed by atoms with E-state index in [1.165, 1.54) is 17.7 Å². The molecule has 2 N–H and O–H groups in total. The quantitative estimate of drug-likeness (QED) is 0.746. The lowest BCUT2D eigenvalue weighted by molar-refractivity contribution is -0.919. The van der Waals surface area contributed by atoms with Gasteiger partial charge in [-0.3, -0.25) is 4.79 Å². The number of carbonyl (C=O) groups excluding carboxylic acids is 1. The third kappa shape index (κ3) is 3.07. The van der Waals surface area contributed by atoms with Crippen LogP contribution < -0.4 is 10.2 Å². The summed E-state index contributed by atoms with van der Waals surface area (Å²) in [6.45, 7) is 2.85. The van der Waals surface area contributed by atoms with Crippen LogP contribution in [0, 0.1) is 0 Å². The molecule has 1 aliphatic heterocycles. The Balaban J connectivity index is 1.47. The number of aromatic nitrogens is 1. The van der Waals surface area contributed by atoms with Gasteiger partial charge < -0.3 is 14.6 Å². The molecule has 0 radical (unpaired) electrons. The molecule has 0 saturated carbocycles. The van der Waals surface area contributed by atoms with E-state index >= 15 is 0 Å². The fourth-order valence-electron chi connectivity index (χ4n) is 3.41. The Kier molecular flexibility index (Phi) is 4.32. The molecule has 1 aliphatic rings. The third-order valence-electron chi connectivity index (χ3n) is 4.69. The van der Waals surface area contributed by atoms with E-state index in [2.05, 4.69) is 10.3 Å². The van der Waals surface area contributed by atoms with Gasteiger partial charge in [-0.15, -0.1) is 11.3 Å². The summed E-state index contributed by atoms with van der Waals surface area (Å²) in [6, 6.07) is 9.74. The molecule has 3 heterocycles. The van der Waals surface area contributed by atoms with Crippen LogP contribution in [-0.4, -0.2) is 30.5 Å². The van der Waals surface area contributed by atoms with Gasteiger partial charge in [-0.25, -0.2) is 4.98 Å². The molecule has 4 rings (SSSR count). The molecule has 0 unspecified atom stereocenters. The number of thiazole rings is 1. The number of nitrogens with one attached hydrogen (secondary N) is 2. The number of likely N-dealkylation sites (tertiary alicyclic amines) is 1. The van der Waals surface area contributed by atoms with Gasteiger partial charge in [-0.1, -0.05) is 0 Å². The summed E-state index contributed by atoms with van der Waals surface area (Å²) in [5.74, 6) is 0.908. The van der Waals surface area contributed by atoms with Crippen molar-refractivity contribution in [2.24, 2.45) is 0 Å². The Morgan fingerprint density at radius 3 is 3.00 bits per heavy atom. The van der Waals surface area contributed by atoms with Crippen molar-refractivity contribution in [1.29, 1.82) is 0 Å². The molecule has 1 fully saturated rings. The Labute approximate surface area is 144 Å². The summed E-state index contributed by atoms with van der Waals surface area (Å²) in [5.41, 5.74) is 3.42. The highest BCUT2D eigenvalue weighted by molar-refractivity contribution is 7.16. The van der Waals surface area contributed by atoms with Crippen molar-refractivity contribution in [3.05, 3.63) is 53.4 Å². The summed E-state index contributed by atoms with van der Waals surface area (Å²) in [5, 5.41) is 3.09. The number of nitrogens with zero attached hydrogens (tertiary/aromatic N) is 1. The molecule has 1 atom stereocenters. The van der Waals surface area contributed by atoms with Gasteiger partial charge >= 0.3 is 0 Å². The second-order valence-electron chi connectivity index (χ2n) is 6.18. The Morgan fingerprint density at radius 1 is 1.33 bits per heavy atom. The van der Waals surface area contributed by atoms with E-state index in [0.717, 1.165) is 29.1 Å². The lowest BCUT2D eigenvalue weighted by Gasteiger charge is -2.23. The number of rotatable bonds is 5. The van der Waals surface area contributed by atoms with Crippen LogP contribution in [0.25, 0.3) is 10.2 Å². The Morgan fingerprint density at radius 2 is 2.21 bits per heavy atom. The highest BCUT2D eigenvalue weighted by Gasteiger charge is 2.29. The molecule has 5 nitrogen and oxygen atoms in total. The average molecular weight is 342 g/mol. The van der Waals surface area contributed by atoms with Crippen molar-refractivity contribution < 1.29 is 14.1 Å². The maximum Gasteiger partial charge on any atom is 0.251 e. The maximum absolute atomic E-state index is 12.5. The van der Waals surface area contributed by atoms with Crippen molar-refractivity contribution in [2.45, 2.75) is 18.9 Å². The number of furan rings is 1. The molecule has 0 bridgehead atoms. The van der Waals surface area contributed by atoms with Crippen LogP contribution in [0.2, 0.25) is 0 Å². The lowest BCUT2D eigenvalue weighted by Crippen LogP contribution is -3.11. The van der Waals surface area contributed by atoms with Crippen molar-refractivity contribution in [3.63, 3.8) is 0 Å². The number of fused-ring (bicyclic) bond motifs is 1. The molecule has 0 spiro atoms. The van der Waals surface area contributed by atoms with E-state index in [4.69, 9.17) is 4.42 Å². The fraction of sp³-hybridized carbons (Fsp3) is 0.333. The van der Waals surface area contributed by atoms with E-state index in [1.54, 1.807) is 23.1 Å². The van der Waals surface area contributed by atoms with Gasteiger partial charge in [0.25, 0.3) is 5.91 Å². The standard InChI is InChI=1S/C18H19N3O2S/c22-18(13-5-6-14-17(10-13)24-12-20-14)19-11-15(16-4-3-9-23-16)21-7-1-2-8-21/h3-6,9-10,12,15H,1-2,7-8,11H2,(H,19,22)/p+1/t15-/m0/s1. The van der Waals surface area contributed by atoms with Gasteiger partial charge in [0.15, 0.2) is 11.8 Å². The first kappa shape index (κ1) is 15.4. The Bertz CT molecular complexity index is 822. The molecule has 2 aromatic heterocycles. The van der Waals surface area contributed by atoms with Crippen LogP contribution >= 0.6 is 11.3 Å². The molecule has 6 heteroatoms. The van der Waals surface area contributed by atoms with E-state index in [9.17, 15) is 4.79 Å². The predicted octanol–water partition coefficient (Wildman–Crippen LogP) is 2.04. The van der Waals surface area contributed by atoms with Gasteiger partial charge in [0.1, 0.15) is 0 Å². The van der Waals surface area contributed by atoms with Crippen molar-refractivity contribution in [1.82, 2.24) is 10.3 Å². The summed E-state index contributed by atoms with van der Waals surface area (Å²) in [6.07, 6.45) is 4.18. The molecular weight excluding hydrogens is 322 g/mol. The lowest BCUT2D eigenvalue weighted by atomic mass is 10.1. The number of hydrogen-bond acceptors (Lipinski definition) is 4. The topological polar surface area (TPSA) is 59.6 Å². The third-order valence-corrected chi connectivity index (χ3v) is 5.48. The molecule has 124 valence electrons. The van der Waals surface area contributed by atoms with E-state index in [-0.39, 0.29) is 11.9 Å². The van der Waals surface area contributed by atoms with E-state index in [0.29, 0.717) is 12.1 Å². The van der Waals surface area contributed by atoms with Gasteiger partial charge in [-0.2, -0.15) is 0 Å². The van der Waals surface area contributed by atoms with Crippen LogP contribution in [0.1, 0.15) is 35.0 Å². The monoisotopic (exact) mass is 342 g/mol. The highest BCUT2D eigenvalue weighted by Crippen LogP contribution is 2.19. The molecule has 3 aromatic rings. The zero-order chi connectivity index (χ0) is 16.4. The van der Waals surface area contributed by atoms with Crippen LogP contribution in [0.3, 0.4) is 0 Å². The van der Waals surface area contributed by atoms with Crippen molar-refractivity contribution >= 4 is 27.5 Å². The second kappa shape index (κ2) is 6.75. The van der Waals surface area contributed by atoms with Crippen LogP contribution in [0.15, 0.2) is 46.5 Å². The van der Waals surface area contributed by atoms with Crippen LogP contribution in [0.5, 0.6) is 0 Å². The zero-order valence-electron chi connectivity index (χ0n) is 13.3. The molecule has 24 heavy (non-hydrogen) atoms. The van der Waals surface area contributed by atoms with E-state index in [1.807, 2.05) is 30.3 Å². The number of hydrogen-bond donors (Lipinski definition) is 2. The van der Waals surface area contributed by atoms with Gasteiger partial charge in [0, 0.05) is 18.4 Å². The molecule has 0 aliphatic carbocycles. The molecule has 1 amide bonds. The van der Waals surface area contributed by atoms with Gasteiger partial charge in [0.2, 0.25) is 0 Å². The Hall–Kier alpha value is -2.18. The van der Waals surface area contributed by atoms with E-state index < -0.39 is 0 Å². The number of quaternary nitrogens is 1.